The number of thiophene rings is 1. The van der Waals surface area contributed by atoms with E-state index in [0.717, 1.165) is 0 Å². The van der Waals surface area contributed by atoms with Gasteiger partial charge in [-0.15, -0.1) is 11.3 Å². The van der Waals surface area contributed by atoms with Crippen LogP contribution in [0.1, 0.15) is 38.6 Å². The zero-order valence-electron chi connectivity index (χ0n) is 15.9. The van der Waals surface area contributed by atoms with Gasteiger partial charge in [0.25, 0.3) is 17.5 Å². The van der Waals surface area contributed by atoms with Gasteiger partial charge >= 0.3 is 0 Å². The third-order valence-corrected chi connectivity index (χ3v) is 5.45. The Balaban J connectivity index is 1.76. The maximum atomic E-state index is 12.9. The van der Waals surface area contributed by atoms with Crippen LogP contribution in [0.3, 0.4) is 0 Å². The van der Waals surface area contributed by atoms with Crippen LogP contribution in [0.2, 0.25) is 0 Å². The lowest BCUT2D eigenvalue weighted by Gasteiger charge is -2.25. The molecule has 0 spiro atoms. The van der Waals surface area contributed by atoms with Crippen LogP contribution >= 0.6 is 11.3 Å². The van der Waals surface area contributed by atoms with E-state index in [-0.39, 0.29) is 23.5 Å². The quantitative estimate of drug-likeness (QED) is 0.470. The largest absolute Gasteiger partial charge is 0.335 e. The average molecular weight is 409 g/mol. The summed E-state index contributed by atoms with van der Waals surface area (Å²) < 4.78 is 0. The van der Waals surface area contributed by atoms with Crippen LogP contribution in [0.15, 0.2) is 66.0 Å². The van der Waals surface area contributed by atoms with Crippen molar-refractivity contribution in [1.29, 1.82) is 0 Å². The molecule has 0 saturated carbocycles. The van der Waals surface area contributed by atoms with Crippen molar-refractivity contribution in [2.24, 2.45) is 0 Å². The highest BCUT2D eigenvalue weighted by atomic mass is 32.1. The molecule has 0 fully saturated rings. The van der Waals surface area contributed by atoms with Crippen molar-refractivity contribution >= 4 is 34.5 Å². The standard InChI is InChI=1S/C21H19N3O4S/c1-14(15-6-4-9-18(13-15)24(27)28)23(2)21(26)16-7-3-8-17(12-16)22-20(25)19-10-5-11-29-19/h3-14H,1-2H3,(H,22,25)/t14-/m1/s1. The van der Waals surface area contributed by atoms with Crippen LogP contribution in [0.25, 0.3) is 0 Å². The minimum atomic E-state index is -0.461. The van der Waals surface area contributed by atoms with Gasteiger partial charge in [0.05, 0.1) is 15.8 Å². The van der Waals surface area contributed by atoms with Gasteiger partial charge in [-0.3, -0.25) is 19.7 Å². The molecule has 1 N–H and O–H groups in total. The van der Waals surface area contributed by atoms with E-state index in [1.54, 1.807) is 62.5 Å². The molecule has 0 aliphatic heterocycles. The lowest BCUT2D eigenvalue weighted by molar-refractivity contribution is -0.384. The number of nitrogens with one attached hydrogen (secondary N) is 1. The molecule has 2 aromatic carbocycles. The molecule has 0 saturated heterocycles. The fraction of sp³-hybridized carbons (Fsp3) is 0.143. The Morgan fingerprint density at radius 1 is 1.10 bits per heavy atom. The monoisotopic (exact) mass is 409 g/mol. The SMILES string of the molecule is C[C@H](c1cccc([N+](=O)[O-])c1)N(C)C(=O)c1cccc(NC(=O)c2cccs2)c1. The highest BCUT2D eigenvalue weighted by Crippen LogP contribution is 2.25. The molecule has 0 bridgehead atoms. The lowest BCUT2D eigenvalue weighted by Crippen LogP contribution is -2.29. The molecule has 7 nitrogen and oxygen atoms in total. The van der Waals surface area contributed by atoms with E-state index in [1.165, 1.54) is 28.4 Å². The second kappa shape index (κ2) is 8.66. The Bertz CT molecular complexity index is 1050. The number of rotatable bonds is 6. The second-order valence-corrected chi connectivity index (χ2v) is 7.40. The predicted octanol–water partition coefficient (Wildman–Crippen LogP) is 4.74. The van der Waals surface area contributed by atoms with Gasteiger partial charge in [0, 0.05) is 30.4 Å². The molecule has 0 aliphatic carbocycles. The summed E-state index contributed by atoms with van der Waals surface area (Å²) in [6.45, 7) is 1.80. The Morgan fingerprint density at radius 3 is 2.55 bits per heavy atom. The van der Waals surface area contributed by atoms with Crippen molar-refractivity contribution in [3.8, 4) is 0 Å². The summed E-state index contributed by atoms with van der Waals surface area (Å²) in [5.74, 6) is -0.487. The van der Waals surface area contributed by atoms with E-state index in [9.17, 15) is 19.7 Å². The number of nitro groups is 1. The van der Waals surface area contributed by atoms with Gasteiger partial charge in [0.2, 0.25) is 0 Å². The van der Waals surface area contributed by atoms with E-state index < -0.39 is 4.92 Å². The zero-order chi connectivity index (χ0) is 21.0. The number of hydrogen-bond acceptors (Lipinski definition) is 5. The molecule has 3 aromatic rings. The number of anilines is 1. The van der Waals surface area contributed by atoms with Gasteiger partial charge < -0.3 is 10.2 Å². The average Bonchev–Trinajstić information content (AvgIpc) is 3.27. The van der Waals surface area contributed by atoms with Crippen LogP contribution in [-0.2, 0) is 0 Å². The summed E-state index contributed by atoms with van der Waals surface area (Å²) in [6, 6.07) is 16.1. The molecule has 8 heteroatoms. The van der Waals surface area contributed by atoms with Crippen LogP contribution in [0, 0.1) is 10.1 Å². The van der Waals surface area contributed by atoms with Crippen LogP contribution in [0.5, 0.6) is 0 Å². The topological polar surface area (TPSA) is 92.6 Å². The molecule has 0 radical (unpaired) electrons. The van der Waals surface area contributed by atoms with Gasteiger partial charge in [-0.05, 0) is 42.1 Å². The Kier molecular flexibility index (Phi) is 6.04. The first-order valence-corrected chi connectivity index (χ1v) is 9.71. The number of amides is 2. The summed E-state index contributed by atoms with van der Waals surface area (Å²) in [5.41, 5.74) is 1.57. The van der Waals surface area contributed by atoms with Gasteiger partial charge in [0.1, 0.15) is 0 Å². The third kappa shape index (κ3) is 4.67. The molecular formula is C21H19N3O4S. The van der Waals surface area contributed by atoms with Crippen molar-refractivity contribution in [2.45, 2.75) is 13.0 Å². The molecule has 29 heavy (non-hydrogen) atoms. The summed E-state index contributed by atoms with van der Waals surface area (Å²) in [7, 11) is 1.64. The highest BCUT2D eigenvalue weighted by Gasteiger charge is 2.21. The number of carbonyl (C=O) groups excluding carboxylic acids is 2. The summed E-state index contributed by atoms with van der Waals surface area (Å²) in [6.07, 6.45) is 0. The predicted molar refractivity (Wildman–Crippen MR) is 112 cm³/mol. The number of nitro benzene ring substituents is 1. The van der Waals surface area contributed by atoms with E-state index in [2.05, 4.69) is 5.32 Å². The minimum absolute atomic E-state index is 0.0199. The minimum Gasteiger partial charge on any atom is -0.335 e. The molecule has 1 heterocycles. The van der Waals surface area contributed by atoms with Crippen molar-refractivity contribution in [3.63, 3.8) is 0 Å². The molecule has 148 valence electrons. The first-order valence-electron chi connectivity index (χ1n) is 8.83. The van der Waals surface area contributed by atoms with Crippen LogP contribution in [0.4, 0.5) is 11.4 Å². The lowest BCUT2D eigenvalue weighted by atomic mass is 10.1. The van der Waals surface area contributed by atoms with Crippen LogP contribution in [-0.4, -0.2) is 28.7 Å². The fourth-order valence-corrected chi connectivity index (χ4v) is 3.45. The molecule has 0 aliphatic rings. The van der Waals surface area contributed by atoms with E-state index in [1.807, 2.05) is 5.38 Å². The van der Waals surface area contributed by atoms with Gasteiger partial charge in [-0.1, -0.05) is 24.3 Å². The maximum absolute atomic E-state index is 12.9. The van der Waals surface area contributed by atoms with E-state index in [4.69, 9.17) is 0 Å². The second-order valence-electron chi connectivity index (χ2n) is 6.46. The molecule has 1 atom stereocenters. The number of carbonyl (C=O) groups is 2. The van der Waals surface area contributed by atoms with E-state index >= 15 is 0 Å². The molecule has 3 rings (SSSR count). The zero-order valence-corrected chi connectivity index (χ0v) is 16.7. The van der Waals surface area contributed by atoms with Crippen molar-refractivity contribution in [1.82, 2.24) is 4.90 Å². The van der Waals surface area contributed by atoms with Gasteiger partial charge in [-0.2, -0.15) is 0 Å². The van der Waals surface area contributed by atoms with Gasteiger partial charge in [0.15, 0.2) is 0 Å². The summed E-state index contributed by atoms with van der Waals surface area (Å²) in [4.78, 5) is 37.8. The Hall–Kier alpha value is -3.52. The highest BCUT2D eigenvalue weighted by molar-refractivity contribution is 7.12. The first-order chi connectivity index (χ1) is 13.9. The Labute approximate surface area is 171 Å². The number of hydrogen-bond donors (Lipinski definition) is 1. The normalized spacial score (nSPS) is 11.5. The maximum Gasteiger partial charge on any atom is 0.269 e. The fourth-order valence-electron chi connectivity index (χ4n) is 2.83. The van der Waals surface area contributed by atoms with Crippen LogP contribution < -0.4 is 5.32 Å². The van der Waals surface area contributed by atoms with Gasteiger partial charge in [-0.25, -0.2) is 0 Å². The summed E-state index contributed by atoms with van der Waals surface area (Å²) in [5, 5.41) is 15.6. The molecule has 1 aromatic heterocycles. The molecule has 2 amide bonds. The van der Waals surface area contributed by atoms with Crippen molar-refractivity contribution in [3.05, 3.63) is 92.2 Å². The molecular weight excluding hydrogens is 390 g/mol. The Morgan fingerprint density at radius 2 is 1.86 bits per heavy atom. The number of non-ortho nitro benzene ring substituents is 1. The number of benzene rings is 2. The van der Waals surface area contributed by atoms with Crippen molar-refractivity contribution in [2.75, 3.05) is 12.4 Å². The smallest absolute Gasteiger partial charge is 0.269 e. The van der Waals surface area contributed by atoms with E-state index in [0.29, 0.717) is 21.7 Å². The summed E-state index contributed by atoms with van der Waals surface area (Å²) >= 11 is 1.34. The van der Waals surface area contributed by atoms with Crippen molar-refractivity contribution < 1.29 is 14.5 Å². The first kappa shape index (κ1) is 20.2. The number of nitrogens with zero attached hydrogens (tertiary/aromatic N) is 2. The third-order valence-electron chi connectivity index (χ3n) is 4.58. The molecule has 0 unspecified atom stereocenters.